The summed E-state index contributed by atoms with van der Waals surface area (Å²) in [4.78, 5) is 2.31. The Morgan fingerprint density at radius 2 is 2.20 bits per heavy atom. The van der Waals surface area contributed by atoms with E-state index in [0.717, 1.165) is 19.5 Å². The highest BCUT2D eigenvalue weighted by atomic mass is 79.9. The molecule has 0 amide bonds. The monoisotopic (exact) mass is 365 g/mol. The fraction of sp³-hybridized carbons (Fsp3) is 0.667. The maximum absolute atomic E-state index is 12.8. The van der Waals surface area contributed by atoms with Gasteiger partial charge in [0, 0.05) is 25.2 Å². The van der Waals surface area contributed by atoms with Crippen LogP contribution in [0.3, 0.4) is 0 Å². The van der Waals surface area contributed by atoms with E-state index in [4.69, 9.17) is 10.2 Å². The predicted molar refractivity (Wildman–Crippen MR) is 79.8 cm³/mol. The maximum Gasteiger partial charge on any atom is 0.247 e. The van der Waals surface area contributed by atoms with Crippen LogP contribution in [0.15, 0.2) is 20.0 Å². The Morgan fingerprint density at radius 3 is 2.80 bits per heavy atom. The molecular weight excluding hydrogens is 346 g/mol. The second kappa shape index (κ2) is 6.15. The summed E-state index contributed by atoms with van der Waals surface area (Å²) in [5.41, 5.74) is 5.49. The van der Waals surface area contributed by atoms with Gasteiger partial charge >= 0.3 is 0 Å². The first-order valence-corrected chi connectivity index (χ1v) is 8.78. The number of hydrogen-bond acceptors (Lipinski definition) is 5. The number of halogens is 1. The third-order valence-electron chi connectivity index (χ3n) is 3.48. The highest BCUT2D eigenvalue weighted by Gasteiger charge is 2.34. The van der Waals surface area contributed by atoms with Gasteiger partial charge in [0.2, 0.25) is 10.0 Å². The smallest absolute Gasteiger partial charge is 0.247 e. The van der Waals surface area contributed by atoms with E-state index in [-0.39, 0.29) is 22.2 Å². The van der Waals surface area contributed by atoms with E-state index in [1.165, 1.54) is 6.07 Å². The summed E-state index contributed by atoms with van der Waals surface area (Å²) in [6, 6.07) is 1.43. The van der Waals surface area contributed by atoms with Crippen molar-refractivity contribution in [3.8, 4) is 0 Å². The van der Waals surface area contributed by atoms with E-state index in [1.54, 1.807) is 4.31 Å². The topological polar surface area (TPSA) is 79.8 Å². The van der Waals surface area contributed by atoms with Gasteiger partial charge in [0.05, 0.1) is 6.54 Å². The number of likely N-dealkylation sites (N-methyl/N-ethyl adjacent to an activating group) is 1. The molecule has 1 saturated heterocycles. The molecule has 8 heteroatoms. The molecule has 20 heavy (non-hydrogen) atoms. The van der Waals surface area contributed by atoms with Crippen molar-refractivity contribution in [2.24, 2.45) is 5.73 Å². The van der Waals surface area contributed by atoms with Crippen LogP contribution in [0, 0.1) is 0 Å². The largest absolute Gasteiger partial charge is 0.452 e. The van der Waals surface area contributed by atoms with E-state index in [1.807, 2.05) is 14.0 Å². The first-order valence-electron chi connectivity index (χ1n) is 6.55. The van der Waals surface area contributed by atoms with Gasteiger partial charge in [-0.15, -0.1) is 0 Å². The summed E-state index contributed by atoms with van der Waals surface area (Å²) in [6.07, 6.45) is 0.819. The third-order valence-corrected chi connectivity index (χ3v) is 6.35. The zero-order chi connectivity index (χ0) is 14.9. The molecule has 0 saturated carbocycles. The van der Waals surface area contributed by atoms with Crippen LogP contribution >= 0.6 is 15.9 Å². The fourth-order valence-electron chi connectivity index (χ4n) is 2.51. The van der Waals surface area contributed by atoms with Crippen molar-refractivity contribution in [1.29, 1.82) is 0 Å². The molecule has 1 fully saturated rings. The number of sulfonamides is 1. The number of nitrogens with two attached hydrogens (primary N) is 1. The van der Waals surface area contributed by atoms with Crippen molar-refractivity contribution in [2.45, 2.75) is 30.8 Å². The lowest BCUT2D eigenvalue weighted by Gasteiger charge is -2.26. The van der Waals surface area contributed by atoms with Crippen molar-refractivity contribution >= 4 is 26.0 Å². The van der Waals surface area contributed by atoms with Crippen molar-refractivity contribution in [1.82, 2.24) is 9.21 Å². The van der Waals surface area contributed by atoms with Crippen LogP contribution in [0.25, 0.3) is 0 Å². The lowest BCUT2D eigenvalue weighted by atomic mass is 10.3. The molecular formula is C12H20BrN3O3S. The average Bonchev–Trinajstić information content (AvgIpc) is 2.67. The summed E-state index contributed by atoms with van der Waals surface area (Å²) < 4.78 is 32.6. The molecule has 1 aromatic heterocycles. The first kappa shape index (κ1) is 16.0. The minimum absolute atomic E-state index is 0.0735. The first-order chi connectivity index (χ1) is 9.36. The SMILES string of the molecule is CC1CN(C)CCCN1S(=O)(=O)c1cc(CN)oc1Br. The molecule has 114 valence electrons. The Morgan fingerprint density at radius 1 is 1.50 bits per heavy atom. The van der Waals surface area contributed by atoms with E-state index < -0.39 is 10.0 Å². The van der Waals surface area contributed by atoms with Gasteiger partial charge in [-0.3, -0.25) is 0 Å². The van der Waals surface area contributed by atoms with Gasteiger partial charge in [0.15, 0.2) is 4.67 Å². The molecule has 1 unspecified atom stereocenters. The standard InChI is InChI=1S/C12H20BrN3O3S/c1-9-8-15(2)4-3-5-16(9)20(17,18)11-6-10(7-14)19-12(11)13/h6,9H,3-5,7-8,14H2,1-2H3. The molecule has 0 aromatic carbocycles. The molecule has 1 aromatic rings. The Balaban J connectivity index is 2.35. The van der Waals surface area contributed by atoms with Crippen molar-refractivity contribution in [2.75, 3.05) is 26.7 Å². The Kier molecular flexibility index (Phi) is 4.91. The zero-order valence-electron chi connectivity index (χ0n) is 11.7. The minimum atomic E-state index is -3.57. The van der Waals surface area contributed by atoms with Crippen molar-refractivity contribution < 1.29 is 12.8 Å². The van der Waals surface area contributed by atoms with Crippen LogP contribution in [0.5, 0.6) is 0 Å². The summed E-state index contributed by atoms with van der Waals surface area (Å²) in [5.74, 6) is 0.454. The molecule has 2 N–H and O–H groups in total. The maximum atomic E-state index is 12.8. The molecule has 0 spiro atoms. The van der Waals surface area contributed by atoms with Gasteiger partial charge in [0.25, 0.3) is 0 Å². The quantitative estimate of drug-likeness (QED) is 0.870. The number of furan rings is 1. The Labute approximate surface area is 128 Å². The van der Waals surface area contributed by atoms with Crippen LogP contribution in [0.2, 0.25) is 0 Å². The van der Waals surface area contributed by atoms with E-state index in [2.05, 4.69) is 20.8 Å². The summed E-state index contributed by atoms with van der Waals surface area (Å²) in [5, 5.41) is 0. The van der Waals surface area contributed by atoms with Crippen LogP contribution < -0.4 is 5.73 Å². The fourth-order valence-corrected chi connectivity index (χ4v) is 5.13. The lowest BCUT2D eigenvalue weighted by Crippen LogP contribution is -2.41. The van der Waals surface area contributed by atoms with Crippen LogP contribution in [0.1, 0.15) is 19.1 Å². The van der Waals surface area contributed by atoms with Crippen molar-refractivity contribution in [3.05, 3.63) is 16.5 Å². The second-order valence-electron chi connectivity index (χ2n) is 5.14. The Hall–Kier alpha value is -0.410. The number of nitrogens with zero attached hydrogens (tertiary/aromatic N) is 2. The van der Waals surface area contributed by atoms with Crippen LogP contribution in [-0.4, -0.2) is 50.3 Å². The molecule has 0 radical (unpaired) electrons. The van der Waals surface area contributed by atoms with Crippen LogP contribution in [-0.2, 0) is 16.6 Å². The summed E-state index contributed by atoms with van der Waals surface area (Å²) in [7, 11) is -1.56. The number of rotatable bonds is 3. The van der Waals surface area contributed by atoms with E-state index >= 15 is 0 Å². The minimum Gasteiger partial charge on any atom is -0.452 e. The molecule has 0 bridgehead atoms. The van der Waals surface area contributed by atoms with Gasteiger partial charge < -0.3 is 15.1 Å². The Bertz CT molecular complexity index is 573. The van der Waals surface area contributed by atoms with E-state index in [9.17, 15) is 8.42 Å². The molecule has 6 nitrogen and oxygen atoms in total. The highest BCUT2D eigenvalue weighted by molar-refractivity contribution is 9.10. The molecule has 2 rings (SSSR count). The molecule has 2 heterocycles. The summed E-state index contributed by atoms with van der Waals surface area (Å²) in [6.45, 7) is 4.24. The molecule has 0 aliphatic carbocycles. The molecule has 1 atom stereocenters. The predicted octanol–water partition coefficient (Wildman–Crippen LogP) is 1.22. The summed E-state index contributed by atoms with van der Waals surface area (Å²) >= 11 is 3.17. The molecule has 1 aliphatic heterocycles. The average molecular weight is 366 g/mol. The van der Waals surface area contributed by atoms with Gasteiger partial charge in [-0.2, -0.15) is 4.31 Å². The van der Waals surface area contributed by atoms with Gasteiger partial charge in [-0.25, -0.2) is 8.42 Å². The third kappa shape index (κ3) is 3.09. The highest BCUT2D eigenvalue weighted by Crippen LogP contribution is 2.30. The van der Waals surface area contributed by atoms with Gasteiger partial charge in [-0.05, 0) is 42.9 Å². The second-order valence-corrected chi connectivity index (χ2v) is 7.71. The van der Waals surface area contributed by atoms with Gasteiger partial charge in [0.1, 0.15) is 10.7 Å². The normalized spacial score (nSPS) is 22.9. The lowest BCUT2D eigenvalue weighted by molar-refractivity contribution is 0.290. The van der Waals surface area contributed by atoms with Gasteiger partial charge in [-0.1, -0.05) is 0 Å². The van der Waals surface area contributed by atoms with Crippen LogP contribution in [0.4, 0.5) is 0 Å². The number of hydrogen-bond donors (Lipinski definition) is 1. The molecule has 1 aliphatic rings. The van der Waals surface area contributed by atoms with Crippen molar-refractivity contribution in [3.63, 3.8) is 0 Å². The van der Waals surface area contributed by atoms with E-state index in [0.29, 0.717) is 12.3 Å². The zero-order valence-corrected chi connectivity index (χ0v) is 14.1.